The second-order valence-electron chi connectivity index (χ2n) is 17.5. The fourth-order valence-corrected chi connectivity index (χ4v) is 10.1. The van der Waals surface area contributed by atoms with Crippen molar-refractivity contribution in [1.29, 1.82) is 0 Å². The summed E-state index contributed by atoms with van der Waals surface area (Å²) in [5.74, 6) is -1.53. The maximum absolute atomic E-state index is 13.1. The molecule has 0 amide bonds. The van der Waals surface area contributed by atoms with Crippen LogP contribution in [0.5, 0.6) is 0 Å². The zero-order valence-corrected chi connectivity index (χ0v) is 49.3. The highest BCUT2D eigenvalue weighted by Gasteiger charge is 2.56. The van der Waals surface area contributed by atoms with E-state index in [1.807, 2.05) is 24.3 Å². The van der Waals surface area contributed by atoms with E-state index in [-0.39, 0.29) is 37.4 Å². The molecule has 1 saturated carbocycles. The van der Waals surface area contributed by atoms with Crippen LogP contribution in [0.4, 0.5) is 0 Å². The Balaban J connectivity index is -0.00000648. The van der Waals surface area contributed by atoms with Crippen molar-refractivity contribution in [2.75, 3.05) is 13.2 Å². The summed E-state index contributed by atoms with van der Waals surface area (Å²) in [5.41, 5.74) is 0. The van der Waals surface area contributed by atoms with Crippen molar-refractivity contribution in [3.8, 4) is 0 Å². The topological polar surface area (TPSA) is 506 Å². The molecule has 0 aromatic rings. The molecule has 1 aliphatic rings. The van der Waals surface area contributed by atoms with Crippen molar-refractivity contribution in [2.45, 2.75) is 217 Å². The third kappa shape index (κ3) is 43.0. The molecule has 0 spiro atoms. The predicted octanol–water partition coefficient (Wildman–Crippen LogP) is 8.11. The van der Waals surface area contributed by atoms with Gasteiger partial charge in [-0.3, -0.25) is 27.8 Å². The molecule has 452 valence electrons. The zero-order valence-electron chi connectivity index (χ0n) is 45.7. The molecule has 1 aliphatic carbocycles. The monoisotopic (exact) mass is 1180 g/mol. The SMILES string of the molecule is CCCCC/C=C\C/C=C\C/C=C\C/C=C\CCCC(=O)O[C@H](COC(=O)CCCCCCCCCCCCCCCC)COP(=O)([O-])OC1C(O)C(OP(=O)([O-])O)C(OP(=O)([O-])O)[C@@H](OP(=O)([O-])O)C1O.[NH4+].[NH4+].[NH4+].[NH4+]. The molecule has 0 aromatic heterocycles. The molecule has 0 radical (unpaired) electrons. The lowest BCUT2D eigenvalue weighted by Crippen LogP contribution is -2.66. The summed E-state index contributed by atoms with van der Waals surface area (Å²) in [6.07, 6.45) is 20.5. The van der Waals surface area contributed by atoms with Gasteiger partial charge in [0.25, 0.3) is 31.3 Å². The molecule has 0 heterocycles. The van der Waals surface area contributed by atoms with E-state index in [4.69, 9.17) is 18.5 Å². The van der Waals surface area contributed by atoms with E-state index in [1.165, 1.54) is 70.6 Å². The lowest BCUT2D eigenvalue weighted by Gasteiger charge is -2.49. The van der Waals surface area contributed by atoms with Crippen LogP contribution >= 0.6 is 31.3 Å². The molecule has 0 saturated heterocycles. The maximum atomic E-state index is 13.1. The first-order chi connectivity index (χ1) is 34.0. The Bertz CT molecular complexity index is 1780. The number of quaternary nitrogens is 4. The normalized spacial score (nSPS) is 22.3. The van der Waals surface area contributed by atoms with Gasteiger partial charge in [0.05, 0.1) is 6.61 Å². The minimum absolute atomic E-state index is 0. The van der Waals surface area contributed by atoms with Gasteiger partial charge in [-0.15, -0.1) is 0 Å². The first-order valence-electron chi connectivity index (χ1n) is 25.1. The number of aliphatic hydroxyl groups is 2. The Labute approximate surface area is 449 Å². The molecule has 76 heavy (non-hydrogen) atoms. The van der Waals surface area contributed by atoms with Crippen LogP contribution < -0.4 is 44.2 Å². The van der Waals surface area contributed by atoms with Crippen molar-refractivity contribution < 1.29 is 104 Å². The number of carbonyl (C=O) groups excluding carboxylic acids is 2. The van der Waals surface area contributed by atoms with Crippen molar-refractivity contribution in [3.05, 3.63) is 48.6 Å². The minimum Gasteiger partial charge on any atom is -0.756 e. The molecule has 1 fully saturated rings. The van der Waals surface area contributed by atoms with Crippen molar-refractivity contribution in [1.82, 2.24) is 24.6 Å². The van der Waals surface area contributed by atoms with E-state index in [0.29, 0.717) is 25.7 Å². The Kier molecular flexibility index (Phi) is 48.5. The van der Waals surface area contributed by atoms with E-state index < -0.39 is 99.2 Å². The molecular weight excluding hydrogens is 1080 g/mol. The summed E-state index contributed by atoms with van der Waals surface area (Å²) in [6, 6.07) is 0. The van der Waals surface area contributed by atoms with E-state index in [0.717, 1.165) is 51.4 Å². The lowest BCUT2D eigenvalue weighted by atomic mass is 9.85. The summed E-state index contributed by atoms with van der Waals surface area (Å²) in [4.78, 5) is 101. The minimum atomic E-state index is -6.10. The number of phosphoric ester groups is 4. The van der Waals surface area contributed by atoms with Gasteiger partial charge in [0, 0.05) is 12.8 Å². The van der Waals surface area contributed by atoms with Crippen molar-refractivity contribution >= 4 is 43.2 Å². The number of carbonyl (C=O) groups is 2. The Morgan fingerprint density at radius 2 is 0.816 bits per heavy atom. The van der Waals surface area contributed by atoms with Gasteiger partial charge in [-0.1, -0.05) is 159 Å². The van der Waals surface area contributed by atoms with Crippen LogP contribution in [0.1, 0.15) is 174 Å². The average molecular weight is 1180 g/mol. The van der Waals surface area contributed by atoms with Crippen LogP contribution in [0.2, 0.25) is 0 Å². The van der Waals surface area contributed by atoms with Gasteiger partial charge >= 0.3 is 11.9 Å². The molecule has 0 aliphatic heterocycles. The second kappa shape index (κ2) is 45.8. The van der Waals surface area contributed by atoms with Gasteiger partial charge in [-0.2, -0.15) is 0 Å². The molecule has 0 aromatic carbocycles. The number of ether oxygens (including phenoxy) is 2. The fraction of sp³-hybridized carbons (Fsp3) is 0.783. The third-order valence-corrected chi connectivity index (χ3v) is 13.6. The van der Waals surface area contributed by atoms with E-state index in [9.17, 15) is 72.3 Å². The number of hydrogen-bond donors (Lipinski definition) is 9. The quantitative estimate of drug-likeness (QED) is 0.0120. The van der Waals surface area contributed by atoms with Crippen LogP contribution in [0.3, 0.4) is 0 Å². The van der Waals surface area contributed by atoms with Gasteiger partial charge in [-0.05, 0) is 51.4 Å². The number of allylic oxidation sites excluding steroid dienone is 8. The highest BCUT2D eigenvalue weighted by Crippen LogP contribution is 2.50. The number of unbranched alkanes of at least 4 members (excludes halogenated alkanes) is 17. The van der Waals surface area contributed by atoms with Crippen LogP contribution in [0.15, 0.2) is 48.6 Å². The number of hydrogen-bond acceptors (Lipinski definition) is 19. The zero-order chi connectivity index (χ0) is 53.9. The lowest BCUT2D eigenvalue weighted by molar-refractivity contribution is -0.286. The van der Waals surface area contributed by atoms with Crippen LogP contribution in [-0.2, 0) is 59.9 Å². The molecule has 26 nitrogen and oxygen atoms in total. The summed E-state index contributed by atoms with van der Waals surface area (Å²) >= 11 is 0. The summed E-state index contributed by atoms with van der Waals surface area (Å²) in [7, 11) is -24.2. The fourth-order valence-electron chi connectivity index (χ4n) is 7.46. The molecule has 0 bridgehead atoms. The van der Waals surface area contributed by atoms with Gasteiger partial charge in [0.15, 0.2) is 6.10 Å². The molecule has 30 heteroatoms. The molecule has 21 N–H and O–H groups in total. The van der Waals surface area contributed by atoms with Gasteiger partial charge < -0.3 is 101 Å². The molecule has 11 atom stereocenters. The molecular formula is C46H96N4O22P4. The van der Waals surface area contributed by atoms with E-state index in [1.54, 1.807) is 0 Å². The van der Waals surface area contributed by atoms with Gasteiger partial charge in [0.1, 0.15) is 43.2 Å². The Morgan fingerprint density at radius 3 is 1.24 bits per heavy atom. The summed E-state index contributed by atoms with van der Waals surface area (Å²) in [6.45, 7) is 2.54. The van der Waals surface area contributed by atoms with Gasteiger partial charge in [0.2, 0.25) is 0 Å². The van der Waals surface area contributed by atoms with Crippen LogP contribution in [-0.4, -0.2) is 92.8 Å². The third-order valence-electron chi connectivity index (χ3n) is 11.1. The average Bonchev–Trinajstić information content (AvgIpc) is 3.28. The van der Waals surface area contributed by atoms with E-state index in [2.05, 4.69) is 51.7 Å². The largest absolute Gasteiger partial charge is 0.756 e. The second-order valence-corrected chi connectivity index (χ2v) is 22.3. The standard InChI is InChI=1S/C46H84O22P4.4H3N/c1-3-5-7-9-11-13-15-17-19-20-21-23-25-27-29-31-33-35-40(48)64-38(36-62-39(47)34-32-30-28-26-24-22-18-16-14-12-10-8-6-4-2)37-63-72(60,61)68-43-41(49)44(65-69(51,52)53)46(67-71(57,58)59)45(42(43)50)66-70(54,55)56;;;;/h11,13,17,19,21,23,27,29,38,41-46,49-50H,3-10,12,14-16,18,20,22,24-26,28,30-37H2,1-2H3,(H,60,61)(H2,51,52,53)(H2,54,55,56)(H2,57,58,59);4*1H3/b13-11-,19-17-,23-21-,29-27-;;;;/t38-,41?,42?,43?,44+,45?,46?;;;;/m1..../s1. The smallest absolute Gasteiger partial charge is 0.306 e. The van der Waals surface area contributed by atoms with Crippen molar-refractivity contribution in [2.24, 2.45) is 0 Å². The highest BCUT2D eigenvalue weighted by molar-refractivity contribution is 7.46. The van der Waals surface area contributed by atoms with Gasteiger partial charge in [-0.25, -0.2) is 0 Å². The van der Waals surface area contributed by atoms with Crippen LogP contribution in [0.25, 0.3) is 0 Å². The number of phosphoric acid groups is 4. The first-order valence-corrected chi connectivity index (χ1v) is 31.0. The number of aliphatic hydroxyl groups excluding tert-OH is 2. The first kappa shape index (κ1) is 80.6. The van der Waals surface area contributed by atoms with E-state index >= 15 is 0 Å². The number of rotatable bonds is 43. The highest BCUT2D eigenvalue weighted by atomic mass is 31.2. The Morgan fingerprint density at radius 1 is 0.461 bits per heavy atom. The Hall–Kier alpha value is -1.90. The summed E-state index contributed by atoms with van der Waals surface area (Å²) in [5, 5.41) is 21.7. The van der Waals surface area contributed by atoms with Crippen LogP contribution in [0, 0.1) is 0 Å². The summed E-state index contributed by atoms with van der Waals surface area (Å²) < 4.78 is 80.6. The molecule has 1 rings (SSSR count). The number of esters is 2. The molecule has 9 unspecified atom stereocenters. The maximum Gasteiger partial charge on any atom is 0.306 e. The predicted molar refractivity (Wildman–Crippen MR) is 283 cm³/mol. The van der Waals surface area contributed by atoms with Crippen molar-refractivity contribution in [3.63, 3.8) is 0 Å².